The second kappa shape index (κ2) is 5.90. The number of esters is 1. The summed E-state index contributed by atoms with van der Waals surface area (Å²) in [6.45, 7) is 4.12. The Labute approximate surface area is 176 Å². The summed E-state index contributed by atoms with van der Waals surface area (Å²) in [6, 6.07) is 5.99. The van der Waals surface area contributed by atoms with Crippen LogP contribution >= 0.6 is 0 Å². The topological polar surface area (TPSA) is 71.5 Å². The van der Waals surface area contributed by atoms with Crippen LogP contribution in [0.4, 0.5) is 5.69 Å². The van der Waals surface area contributed by atoms with Gasteiger partial charge in [-0.05, 0) is 50.4 Å². The first-order valence-corrected chi connectivity index (χ1v) is 11.0. The molecule has 1 aromatic rings. The Morgan fingerprint density at radius 2 is 2.10 bits per heavy atom. The van der Waals surface area contributed by atoms with Gasteiger partial charge in [-0.25, -0.2) is 4.79 Å². The molecule has 7 heteroatoms. The number of likely N-dealkylation sites (N-methyl/N-ethyl adjacent to an activating group) is 1. The molecule has 8 atom stereocenters. The second-order valence-corrected chi connectivity index (χ2v) is 9.78. The Morgan fingerprint density at radius 1 is 1.30 bits per heavy atom. The van der Waals surface area contributed by atoms with Crippen LogP contribution in [-0.4, -0.2) is 80.2 Å². The SMILES string of the molecule is COC(=O)[C@@]1(O)[C@@H]2O[C@H](C)[C@@H]3CCN4CC[C@@]5(c6ccc(OC)cc6N(C)[C@@H]15)[C@@H]4[C@@H]32. The third-order valence-corrected chi connectivity index (χ3v) is 8.98. The summed E-state index contributed by atoms with van der Waals surface area (Å²) >= 11 is 0. The molecular formula is C23H30N2O5. The van der Waals surface area contributed by atoms with Crippen molar-refractivity contribution in [3.8, 4) is 5.75 Å². The van der Waals surface area contributed by atoms with Crippen LogP contribution in [-0.2, 0) is 19.7 Å². The van der Waals surface area contributed by atoms with E-state index < -0.39 is 23.7 Å². The van der Waals surface area contributed by atoms with Crippen molar-refractivity contribution in [2.24, 2.45) is 11.8 Å². The van der Waals surface area contributed by atoms with E-state index in [4.69, 9.17) is 14.2 Å². The lowest BCUT2D eigenvalue weighted by Crippen LogP contribution is -2.77. The van der Waals surface area contributed by atoms with E-state index in [9.17, 15) is 9.90 Å². The third-order valence-electron chi connectivity index (χ3n) is 8.98. The molecule has 1 aromatic carbocycles. The fourth-order valence-corrected chi connectivity index (χ4v) is 8.06. The van der Waals surface area contributed by atoms with Crippen LogP contribution in [0.25, 0.3) is 0 Å². The molecule has 0 amide bonds. The van der Waals surface area contributed by atoms with Gasteiger partial charge in [-0.2, -0.15) is 0 Å². The molecule has 0 unspecified atom stereocenters. The zero-order valence-electron chi connectivity index (χ0n) is 18.0. The molecule has 1 N–H and O–H groups in total. The predicted octanol–water partition coefficient (Wildman–Crippen LogP) is 1.17. The zero-order chi connectivity index (χ0) is 21.0. The number of aliphatic hydroxyl groups is 1. The van der Waals surface area contributed by atoms with Crippen LogP contribution in [0.1, 0.15) is 25.3 Å². The number of methoxy groups -OCH3 is 2. The van der Waals surface area contributed by atoms with Gasteiger partial charge >= 0.3 is 5.97 Å². The molecule has 0 aromatic heterocycles. The lowest BCUT2D eigenvalue weighted by atomic mass is 9.52. The standard InChI is InChI=1S/C23H30N2O5/c1-12-14-7-9-25-10-8-22-15-6-5-13(28-3)11-16(15)24(2)20(22)23(27,21(26)29-4)19(30-12)17(14)18(22)25/h5-6,11-12,14,17-20,27H,7-10H2,1-4H3/t12-,14+,17-,18+,19-,20-,22-,23-/m1/s1. The molecule has 4 aliphatic heterocycles. The quantitative estimate of drug-likeness (QED) is 0.729. The van der Waals surface area contributed by atoms with E-state index in [1.54, 1.807) is 7.11 Å². The van der Waals surface area contributed by atoms with E-state index in [2.05, 4.69) is 22.8 Å². The fraction of sp³-hybridized carbons (Fsp3) is 0.696. The van der Waals surface area contributed by atoms with Crippen molar-refractivity contribution in [2.75, 3.05) is 39.3 Å². The number of anilines is 1. The average molecular weight is 415 g/mol. The molecule has 7 nitrogen and oxygen atoms in total. The molecular weight excluding hydrogens is 384 g/mol. The minimum atomic E-state index is -1.73. The molecule has 1 spiro atoms. The summed E-state index contributed by atoms with van der Waals surface area (Å²) in [6.07, 6.45) is 1.42. The van der Waals surface area contributed by atoms with Crippen LogP contribution in [0.15, 0.2) is 18.2 Å². The van der Waals surface area contributed by atoms with Crippen LogP contribution in [0, 0.1) is 11.8 Å². The van der Waals surface area contributed by atoms with Crippen molar-refractivity contribution in [1.29, 1.82) is 0 Å². The van der Waals surface area contributed by atoms with Crippen LogP contribution in [0.5, 0.6) is 5.75 Å². The van der Waals surface area contributed by atoms with Crippen molar-refractivity contribution in [1.82, 2.24) is 4.90 Å². The molecule has 162 valence electrons. The lowest BCUT2D eigenvalue weighted by molar-refractivity contribution is -0.204. The number of piperidine rings is 1. The van der Waals surface area contributed by atoms with Crippen LogP contribution < -0.4 is 9.64 Å². The number of hydrogen-bond acceptors (Lipinski definition) is 7. The summed E-state index contributed by atoms with van der Waals surface area (Å²) in [5, 5.41) is 12.2. The van der Waals surface area contributed by atoms with E-state index in [0.29, 0.717) is 5.92 Å². The highest BCUT2D eigenvalue weighted by Crippen LogP contribution is 2.66. The van der Waals surface area contributed by atoms with Gasteiger partial charge in [0.25, 0.3) is 0 Å². The van der Waals surface area contributed by atoms with E-state index in [-0.39, 0.29) is 23.5 Å². The first kappa shape index (κ1) is 18.9. The Kier molecular flexibility index (Phi) is 3.72. The van der Waals surface area contributed by atoms with Crippen molar-refractivity contribution in [3.05, 3.63) is 23.8 Å². The van der Waals surface area contributed by atoms with Crippen LogP contribution in [0.2, 0.25) is 0 Å². The highest BCUT2D eigenvalue weighted by atomic mass is 16.6. The van der Waals surface area contributed by atoms with E-state index in [0.717, 1.165) is 37.4 Å². The molecule has 0 radical (unpaired) electrons. The van der Waals surface area contributed by atoms with Gasteiger partial charge in [0.1, 0.15) is 11.9 Å². The molecule has 6 rings (SSSR count). The number of ether oxygens (including phenoxy) is 3. The van der Waals surface area contributed by atoms with Crippen molar-refractivity contribution >= 4 is 11.7 Å². The molecule has 4 fully saturated rings. The number of rotatable bonds is 2. The lowest BCUT2D eigenvalue weighted by Gasteiger charge is -2.58. The highest BCUT2D eigenvalue weighted by molar-refractivity contribution is 5.86. The van der Waals surface area contributed by atoms with Gasteiger partial charge < -0.3 is 24.2 Å². The number of carbonyl (C=O) groups is 1. The van der Waals surface area contributed by atoms with Crippen molar-refractivity contribution in [3.63, 3.8) is 0 Å². The Morgan fingerprint density at radius 3 is 2.83 bits per heavy atom. The largest absolute Gasteiger partial charge is 0.497 e. The van der Waals surface area contributed by atoms with E-state index >= 15 is 0 Å². The molecule has 0 bridgehead atoms. The van der Waals surface area contributed by atoms with E-state index in [1.165, 1.54) is 12.7 Å². The van der Waals surface area contributed by atoms with Gasteiger partial charge in [-0.1, -0.05) is 6.07 Å². The second-order valence-electron chi connectivity index (χ2n) is 9.78. The highest BCUT2D eigenvalue weighted by Gasteiger charge is 2.79. The fourth-order valence-electron chi connectivity index (χ4n) is 8.06. The molecule has 4 heterocycles. The molecule has 3 saturated heterocycles. The maximum atomic E-state index is 13.3. The van der Waals surface area contributed by atoms with Gasteiger partial charge in [0.2, 0.25) is 5.60 Å². The first-order valence-electron chi connectivity index (χ1n) is 11.0. The monoisotopic (exact) mass is 414 g/mol. The van der Waals surface area contributed by atoms with Crippen LogP contribution in [0.3, 0.4) is 0 Å². The Bertz CT molecular complexity index is 923. The summed E-state index contributed by atoms with van der Waals surface area (Å²) in [5.41, 5.74) is 0.169. The maximum Gasteiger partial charge on any atom is 0.342 e. The zero-order valence-corrected chi connectivity index (χ0v) is 18.0. The summed E-state index contributed by atoms with van der Waals surface area (Å²) in [7, 11) is 5.00. The molecule has 5 aliphatic rings. The number of carbonyl (C=O) groups excluding carboxylic acids is 1. The predicted molar refractivity (Wildman–Crippen MR) is 110 cm³/mol. The summed E-state index contributed by atoms with van der Waals surface area (Å²) < 4.78 is 17.1. The van der Waals surface area contributed by atoms with Gasteiger partial charge in [-0.15, -0.1) is 0 Å². The van der Waals surface area contributed by atoms with Gasteiger partial charge in [0.15, 0.2) is 0 Å². The number of nitrogens with zero attached hydrogens (tertiary/aromatic N) is 2. The molecule has 1 saturated carbocycles. The number of fused-ring (bicyclic) bond motifs is 1. The van der Waals surface area contributed by atoms with E-state index in [1.807, 2.05) is 19.2 Å². The summed E-state index contributed by atoms with van der Waals surface area (Å²) in [4.78, 5) is 18.0. The molecule has 30 heavy (non-hydrogen) atoms. The number of hydrogen-bond donors (Lipinski definition) is 1. The van der Waals surface area contributed by atoms with Gasteiger partial charge in [0, 0.05) is 36.2 Å². The number of benzene rings is 1. The van der Waals surface area contributed by atoms with Gasteiger partial charge in [-0.3, -0.25) is 4.90 Å². The maximum absolute atomic E-state index is 13.3. The summed E-state index contributed by atoms with van der Waals surface area (Å²) in [5.74, 6) is 0.645. The van der Waals surface area contributed by atoms with Gasteiger partial charge in [0.05, 0.1) is 26.4 Å². The Hall–Kier alpha value is -1.83. The average Bonchev–Trinajstić information content (AvgIpc) is 3.38. The van der Waals surface area contributed by atoms with Crippen molar-refractivity contribution in [2.45, 2.75) is 55.1 Å². The molecule has 1 aliphatic carbocycles. The first-order chi connectivity index (χ1) is 14.4. The normalized spacial score (nSPS) is 45.7. The third kappa shape index (κ3) is 1.87. The minimum absolute atomic E-state index is 0.0236. The smallest absolute Gasteiger partial charge is 0.342 e. The van der Waals surface area contributed by atoms with Crippen molar-refractivity contribution < 1.29 is 24.1 Å². The Balaban J connectivity index is 1.64. The minimum Gasteiger partial charge on any atom is -0.497 e.